The Bertz CT molecular complexity index is 486. The van der Waals surface area contributed by atoms with Gasteiger partial charge in [0.25, 0.3) is 0 Å². The van der Waals surface area contributed by atoms with E-state index >= 15 is 0 Å². The summed E-state index contributed by atoms with van der Waals surface area (Å²) in [4.78, 5) is 6.91. The molecule has 1 heterocycles. The molecule has 0 spiro atoms. The van der Waals surface area contributed by atoms with E-state index in [1.165, 1.54) is 0 Å². The SMILES string of the molecule is CCN(CC)CCCC(C)Nc1nc(C)cc(C)c1C#N. The van der Waals surface area contributed by atoms with E-state index in [-0.39, 0.29) is 0 Å². The van der Waals surface area contributed by atoms with Gasteiger partial charge in [-0.25, -0.2) is 4.98 Å². The fourth-order valence-electron chi connectivity index (χ4n) is 2.55. The molecule has 1 N–H and O–H groups in total. The largest absolute Gasteiger partial charge is 0.367 e. The van der Waals surface area contributed by atoms with E-state index in [0.29, 0.717) is 11.6 Å². The van der Waals surface area contributed by atoms with Crippen LogP contribution in [-0.4, -0.2) is 35.6 Å². The highest BCUT2D eigenvalue weighted by atomic mass is 15.1. The number of anilines is 1. The second-order valence-electron chi connectivity index (χ2n) is 5.63. The summed E-state index contributed by atoms with van der Waals surface area (Å²) >= 11 is 0. The monoisotopic (exact) mass is 288 g/mol. The predicted octanol–water partition coefficient (Wildman–Crippen LogP) is 3.49. The third-order valence-electron chi connectivity index (χ3n) is 3.85. The van der Waals surface area contributed by atoms with Gasteiger partial charge in [-0.1, -0.05) is 13.8 Å². The summed E-state index contributed by atoms with van der Waals surface area (Å²) in [5, 5.41) is 12.7. The quantitative estimate of drug-likeness (QED) is 0.795. The fourth-order valence-corrected chi connectivity index (χ4v) is 2.55. The Hall–Kier alpha value is -1.60. The summed E-state index contributed by atoms with van der Waals surface area (Å²) in [5.74, 6) is 0.727. The second-order valence-corrected chi connectivity index (χ2v) is 5.63. The van der Waals surface area contributed by atoms with Gasteiger partial charge >= 0.3 is 0 Å². The molecule has 0 aliphatic rings. The molecule has 0 aliphatic carbocycles. The highest BCUT2D eigenvalue weighted by Crippen LogP contribution is 2.19. The number of aromatic nitrogens is 1. The zero-order valence-electron chi connectivity index (χ0n) is 14.0. The van der Waals surface area contributed by atoms with Crippen molar-refractivity contribution in [1.82, 2.24) is 9.88 Å². The van der Waals surface area contributed by atoms with Crippen LogP contribution in [0.4, 0.5) is 5.82 Å². The van der Waals surface area contributed by atoms with Crippen LogP contribution in [0.3, 0.4) is 0 Å². The molecule has 1 rings (SSSR count). The standard InChI is InChI=1S/C17H28N4/c1-6-21(7-2)10-8-9-14(4)19-17-16(12-18)13(3)11-15(5)20-17/h11,14H,6-10H2,1-5H3,(H,19,20). The molecule has 1 aromatic rings. The fraction of sp³-hybridized carbons (Fsp3) is 0.647. The molecular weight excluding hydrogens is 260 g/mol. The van der Waals surface area contributed by atoms with Crippen LogP contribution < -0.4 is 5.32 Å². The van der Waals surface area contributed by atoms with Gasteiger partial charge in [0.1, 0.15) is 11.9 Å². The van der Waals surface area contributed by atoms with Gasteiger partial charge in [0.15, 0.2) is 0 Å². The van der Waals surface area contributed by atoms with E-state index in [1.807, 2.05) is 19.9 Å². The zero-order chi connectivity index (χ0) is 15.8. The normalized spacial score (nSPS) is 12.2. The Morgan fingerprint density at radius 3 is 2.57 bits per heavy atom. The minimum atomic E-state index is 0.321. The lowest BCUT2D eigenvalue weighted by atomic mass is 10.1. The number of hydrogen-bond acceptors (Lipinski definition) is 4. The van der Waals surface area contributed by atoms with Crippen LogP contribution in [0, 0.1) is 25.2 Å². The molecule has 1 atom stereocenters. The molecular formula is C17H28N4. The van der Waals surface area contributed by atoms with Gasteiger partial charge < -0.3 is 10.2 Å². The summed E-state index contributed by atoms with van der Waals surface area (Å²) in [5.41, 5.74) is 2.60. The molecule has 4 heteroatoms. The Morgan fingerprint density at radius 2 is 2.00 bits per heavy atom. The Labute approximate surface area is 129 Å². The van der Waals surface area contributed by atoms with Crippen molar-refractivity contribution in [1.29, 1.82) is 5.26 Å². The van der Waals surface area contributed by atoms with E-state index < -0.39 is 0 Å². The van der Waals surface area contributed by atoms with E-state index in [9.17, 15) is 5.26 Å². The lowest BCUT2D eigenvalue weighted by molar-refractivity contribution is 0.295. The third kappa shape index (κ3) is 5.35. The first kappa shape index (κ1) is 17.5. The van der Waals surface area contributed by atoms with Gasteiger partial charge in [0, 0.05) is 11.7 Å². The van der Waals surface area contributed by atoms with E-state index in [4.69, 9.17) is 0 Å². The minimum Gasteiger partial charge on any atom is -0.367 e. The van der Waals surface area contributed by atoms with Crippen LogP contribution in [0.5, 0.6) is 0 Å². The molecule has 1 aromatic heterocycles. The molecule has 0 fully saturated rings. The highest BCUT2D eigenvalue weighted by molar-refractivity contribution is 5.56. The second kappa shape index (κ2) is 8.63. The number of nitrogens with one attached hydrogen (secondary N) is 1. The van der Waals surface area contributed by atoms with Gasteiger partial charge in [-0.3, -0.25) is 0 Å². The van der Waals surface area contributed by atoms with Crippen molar-refractivity contribution in [2.75, 3.05) is 25.0 Å². The lowest BCUT2D eigenvalue weighted by Crippen LogP contribution is -2.26. The Kier molecular flexibility index (Phi) is 7.18. The number of rotatable bonds is 8. The molecule has 0 bridgehead atoms. The van der Waals surface area contributed by atoms with Crippen molar-refractivity contribution in [3.8, 4) is 6.07 Å². The summed E-state index contributed by atoms with van der Waals surface area (Å²) < 4.78 is 0. The molecule has 0 radical (unpaired) electrons. The molecule has 0 aromatic carbocycles. The van der Waals surface area contributed by atoms with Crippen LogP contribution in [-0.2, 0) is 0 Å². The van der Waals surface area contributed by atoms with Gasteiger partial charge in [-0.15, -0.1) is 0 Å². The summed E-state index contributed by atoms with van der Waals surface area (Å²) in [6.45, 7) is 13.8. The highest BCUT2D eigenvalue weighted by Gasteiger charge is 2.11. The molecule has 116 valence electrons. The molecule has 21 heavy (non-hydrogen) atoms. The summed E-state index contributed by atoms with van der Waals surface area (Å²) in [7, 11) is 0. The van der Waals surface area contributed by atoms with Crippen LogP contribution in [0.2, 0.25) is 0 Å². The van der Waals surface area contributed by atoms with E-state index in [0.717, 1.165) is 49.6 Å². The maximum Gasteiger partial charge on any atom is 0.144 e. The van der Waals surface area contributed by atoms with Crippen molar-refractivity contribution in [2.45, 2.75) is 53.5 Å². The van der Waals surface area contributed by atoms with Gasteiger partial charge in [-0.2, -0.15) is 5.26 Å². The van der Waals surface area contributed by atoms with Crippen molar-refractivity contribution < 1.29 is 0 Å². The third-order valence-corrected chi connectivity index (χ3v) is 3.85. The number of nitriles is 1. The molecule has 0 amide bonds. The molecule has 0 aliphatic heterocycles. The van der Waals surface area contributed by atoms with Crippen LogP contribution in [0.25, 0.3) is 0 Å². The molecule has 0 saturated heterocycles. The van der Waals surface area contributed by atoms with E-state index in [2.05, 4.69) is 42.0 Å². The van der Waals surface area contributed by atoms with E-state index in [1.54, 1.807) is 0 Å². The average Bonchev–Trinajstić information content (AvgIpc) is 2.43. The van der Waals surface area contributed by atoms with Crippen LogP contribution >= 0.6 is 0 Å². The van der Waals surface area contributed by atoms with Crippen LogP contribution in [0.15, 0.2) is 6.07 Å². The first-order chi connectivity index (χ1) is 10.0. The topological polar surface area (TPSA) is 52.0 Å². The van der Waals surface area contributed by atoms with Crippen LogP contribution in [0.1, 0.15) is 50.4 Å². The molecule has 0 saturated carbocycles. The number of hydrogen-bond donors (Lipinski definition) is 1. The maximum atomic E-state index is 9.28. The first-order valence-electron chi connectivity index (χ1n) is 7.89. The smallest absolute Gasteiger partial charge is 0.144 e. The average molecular weight is 288 g/mol. The van der Waals surface area contributed by atoms with Crippen molar-refractivity contribution in [3.63, 3.8) is 0 Å². The summed E-state index contributed by atoms with van der Waals surface area (Å²) in [6.07, 6.45) is 2.23. The minimum absolute atomic E-state index is 0.321. The van der Waals surface area contributed by atoms with Gasteiger partial charge in [0.2, 0.25) is 0 Å². The van der Waals surface area contributed by atoms with Crippen molar-refractivity contribution in [2.24, 2.45) is 0 Å². The number of aryl methyl sites for hydroxylation is 2. The van der Waals surface area contributed by atoms with Crippen molar-refractivity contribution in [3.05, 3.63) is 22.9 Å². The van der Waals surface area contributed by atoms with Gasteiger partial charge in [-0.05, 0) is 64.9 Å². The van der Waals surface area contributed by atoms with Gasteiger partial charge in [0.05, 0.1) is 5.56 Å². The zero-order valence-corrected chi connectivity index (χ0v) is 14.0. The number of pyridine rings is 1. The Balaban J connectivity index is 2.59. The predicted molar refractivity (Wildman–Crippen MR) is 88.5 cm³/mol. The summed E-state index contributed by atoms with van der Waals surface area (Å²) in [6, 6.07) is 4.53. The lowest BCUT2D eigenvalue weighted by Gasteiger charge is -2.20. The first-order valence-corrected chi connectivity index (χ1v) is 7.89. The Morgan fingerprint density at radius 1 is 1.33 bits per heavy atom. The van der Waals surface area contributed by atoms with Crippen molar-refractivity contribution >= 4 is 5.82 Å². The molecule has 4 nitrogen and oxygen atoms in total. The molecule has 1 unspecified atom stereocenters. The maximum absolute atomic E-state index is 9.28. The number of nitrogens with zero attached hydrogens (tertiary/aromatic N) is 3.